The van der Waals surface area contributed by atoms with E-state index in [4.69, 9.17) is 21.1 Å². The first-order valence-electron chi connectivity index (χ1n) is 5.93. The second kappa shape index (κ2) is 6.14. The van der Waals surface area contributed by atoms with Gasteiger partial charge in [0.15, 0.2) is 5.79 Å². The number of rotatable bonds is 4. The van der Waals surface area contributed by atoms with Gasteiger partial charge in [-0.1, -0.05) is 29.8 Å². The summed E-state index contributed by atoms with van der Waals surface area (Å²) in [4.78, 5) is 11.7. The zero-order valence-corrected chi connectivity index (χ0v) is 11.3. The summed E-state index contributed by atoms with van der Waals surface area (Å²) < 4.78 is 10.7. The molecule has 102 valence electrons. The highest BCUT2D eigenvalue weighted by molar-refractivity contribution is 6.33. The van der Waals surface area contributed by atoms with Crippen LogP contribution in [-0.4, -0.2) is 31.1 Å². The molecule has 0 spiro atoms. The van der Waals surface area contributed by atoms with E-state index in [-0.39, 0.29) is 12.3 Å². The van der Waals surface area contributed by atoms with E-state index in [9.17, 15) is 4.79 Å². The number of hydrogen-bond acceptors (Lipinski definition) is 4. The maximum absolute atomic E-state index is 11.7. The summed E-state index contributed by atoms with van der Waals surface area (Å²) in [5.41, 5.74) is 3.16. The molecule has 1 amide bonds. The molecular formula is C13H15ClN2O3. The lowest BCUT2D eigenvalue weighted by Gasteiger charge is -2.20. The maximum atomic E-state index is 11.7. The first-order chi connectivity index (χ1) is 9.09. The minimum Gasteiger partial charge on any atom is -0.347 e. The molecule has 6 heteroatoms. The Morgan fingerprint density at radius 3 is 2.84 bits per heavy atom. The minimum absolute atomic E-state index is 0.104. The molecule has 5 nitrogen and oxygen atoms in total. The van der Waals surface area contributed by atoms with Crippen molar-refractivity contribution in [2.24, 2.45) is 5.10 Å². The molecule has 19 heavy (non-hydrogen) atoms. The second-order valence-corrected chi connectivity index (χ2v) is 4.73. The van der Waals surface area contributed by atoms with Crippen LogP contribution in [0.2, 0.25) is 5.02 Å². The zero-order valence-electron chi connectivity index (χ0n) is 10.6. The number of carbonyl (C=O) groups excluding carboxylic acids is 1. The molecule has 0 atom stereocenters. The number of amides is 1. The van der Waals surface area contributed by atoms with E-state index in [0.29, 0.717) is 18.2 Å². The average molecular weight is 283 g/mol. The molecule has 1 aromatic rings. The Kier molecular flexibility index (Phi) is 4.52. The van der Waals surface area contributed by atoms with Gasteiger partial charge in [0.2, 0.25) is 5.91 Å². The van der Waals surface area contributed by atoms with Crippen LogP contribution in [0.15, 0.2) is 29.4 Å². The third-order valence-electron chi connectivity index (χ3n) is 2.68. The van der Waals surface area contributed by atoms with E-state index in [2.05, 4.69) is 10.5 Å². The van der Waals surface area contributed by atoms with E-state index >= 15 is 0 Å². The van der Waals surface area contributed by atoms with Crippen molar-refractivity contribution in [3.63, 3.8) is 0 Å². The van der Waals surface area contributed by atoms with Crippen LogP contribution in [0.4, 0.5) is 0 Å². The largest absolute Gasteiger partial charge is 0.347 e. The van der Waals surface area contributed by atoms with Gasteiger partial charge in [0.25, 0.3) is 0 Å². The highest BCUT2D eigenvalue weighted by atomic mass is 35.5. The molecule has 1 aromatic carbocycles. The van der Waals surface area contributed by atoms with Gasteiger partial charge < -0.3 is 9.47 Å². The van der Waals surface area contributed by atoms with Gasteiger partial charge in [-0.25, -0.2) is 5.43 Å². The zero-order chi connectivity index (χ0) is 13.7. The van der Waals surface area contributed by atoms with Gasteiger partial charge in [0.05, 0.1) is 25.8 Å². The predicted octanol–water partition coefficient (Wildman–Crippen LogP) is 1.94. The van der Waals surface area contributed by atoms with Crippen LogP contribution in [0.5, 0.6) is 0 Å². The Bertz CT molecular complexity index is 485. The van der Waals surface area contributed by atoms with Crippen molar-refractivity contribution in [1.29, 1.82) is 0 Å². The topological polar surface area (TPSA) is 59.9 Å². The van der Waals surface area contributed by atoms with Gasteiger partial charge in [-0.05, 0) is 13.0 Å². The van der Waals surface area contributed by atoms with Crippen molar-refractivity contribution in [3.05, 3.63) is 34.9 Å². The van der Waals surface area contributed by atoms with Crippen molar-refractivity contribution in [1.82, 2.24) is 5.43 Å². The molecule has 1 N–H and O–H groups in total. The fraction of sp³-hybridized carbons (Fsp3) is 0.385. The highest BCUT2D eigenvalue weighted by Crippen LogP contribution is 2.22. The minimum atomic E-state index is -0.843. The second-order valence-electron chi connectivity index (χ2n) is 4.32. The Morgan fingerprint density at radius 1 is 1.47 bits per heavy atom. The summed E-state index contributed by atoms with van der Waals surface area (Å²) in [6.07, 6.45) is 1.60. The number of benzene rings is 1. The highest BCUT2D eigenvalue weighted by Gasteiger charge is 2.33. The third-order valence-corrected chi connectivity index (χ3v) is 3.02. The molecule has 0 aromatic heterocycles. The van der Waals surface area contributed by atoms with Crippen LogP contribution < -0.4 is 5.43 Å². The number of halogens is 1. The Balaban J connectivity index is 1.85. The normalized spacial score (nSPS) is 17.8. The average Bonchev–Trinajstić information content (AvgIpc) is 2.78. The van der Waals surface area contributed by atoms with Crippen LogP contribution in [0, 0.1) is 0 Å². The fourth-order valence-corrected chi connectivity index (χ4v) is 1.93. The molecule has 0 radical (unpaired) electrons. The molecule has 2 rings (SSSR count). The number of nitrogens with one attached hydrogen (secondary N) is 1. The van der Waals surface area contributed by atoms with Crippen molar-refractivity contribution in [2.45, 2.75) is 19.1 Å². The van der Waals surface area contributed by atoms with Gasteiger partial charge in [-0.15, -0.1) is 0 Å². The summed E-state index contributed by atoms with van der Waals surface area (Å²) in [5, 5.41) is 4.43. The number of hydrogen-bond donors (Lipinski definition) is 1. The van der Waals surface area contributed by atoms with E-state index in [0.717, 1.165) is 5.56 Å². The van der Waals surface area contributed by atoms with Crippen molar-refractivity contribution in [2.75, 3.05) is 13.2 Å². The molecule has 1 fully saturated rings. The Hall–Kier alpha value is -1.43. The smallest absolute Gasteiger partial charge is 0.245 e. The lowest BCUT2D eigenvalue weighted by molar-refractivity contribution is -0.159. The van der Waals surface area contributed by atoms with Crippen LogP contribution in [0.3, 0.4) is 0 Å². The number of carbonyl (C=O) groups is 1. The molecule has 0 bridgehead atoms. The molecule has 0 aliphatic carbocycles. The summed E-state index contributed by atoms with van der Waals surface area (Å²) >= 11 is 5.96. The first kappa shape index (κ1) is 14.0. The van der Waals surface area contributed by atoms with Gasteiger partial charge in [0, 0.05) is 10.6 Å². The van der Waals surface area contributed by atoms with E-state index < -0.39 is 5.79 Å². The van der Waals surface area contributed by atoms with Crippen molar-refractivity contribution < 1.29 is 14.3 Å². The van der Waals surface area contributed by atoms with Gasteiger partial charge in [0.1, 0.15) is 0 Å². The fourth-order valence-electron chi connectivity index (χ4n) is 1.74. The summed E-state index contributed by atoms with van der Waals surface area (Å²) in [6, 6.07) is 7.23. The number of ether oxygens (including phenoxy) is 2. The predicted molar refractivity (Wildman–Crippen MR) is 72.1 cm³/mol. The summed E-state index contributed by atoms with van der Waals surface area (Å²) in [5.74, 6) is -1.11. The van der Waals surface area contributed by atoms with Crippen LogP contribution in [0.25, 0.3) is 0 Å². The van der Waals surface area contributed by atoms with Crippen LogP contribution in [-0.2, 0) is 14.3 Å². The first-order valence-corrected chi connectivity index (χ1v) is 6.31. The third kappa shape index (κ3) is 4.02. The SMILES string of the molecule is CC1(CC(=O)NN=Cc2ccccc2Cl)OCCO1. The van der Waals surface area contributed by atoms with E-state index in [1.165, 1.54) is 6.21 Å². The molecular weight excluding hydrogens is 268 g/mol. The molecule has 1 saturated heterocycles. The lowest BCUT2D eigenvalue weighted by atomic mass is 10.2. The lowest BCUT2D eigenvalue weighted by Crippen LogP contribution is -2.33. The van der Waals surface area contributed by atoms with Crippen molar-refractivity contribution >= 4 is 23.7 Å². The quantitative estimate of drug-likeness (QED) is 0.678. The summed E-state index contributed by atoms with van der Waals surface area (Å²) in [6.45, 7) is 2.75. The Labute approximate surface area is 116 Å². The summed E-state index contributed by atoms with van der Waals surface area (Å²) in [7, 11) is 0. The number of hydrazone groups is 1. The molecule has 0 unspecified atom stereocenters. The molecule has 1 heterocycles. The van der Waals surface area contributed by atoms with E-state index in [1.807, 2.05) is 18.2 Å². The Morgan fingerprint density at radius 2 is 2.16 bits per heavy atom. The molecule has 1 aliphatic heterocycles. The van der Waals surface area contributed by atoms with Gasteiger partial charge in [-0.3, -0.25) is 4.79 Å². The monoisotopic (exact) mass is 282 g/mol. The molecule has 1 aliphatic rings. The molecule has 0 saturated carbocycles. The number of nitrogens with zero attached hydrogens (tertiary/aromatic N) is 1. The van der Waals surface area contributed by atoms with Crippen molar-refractivity contribution in [3.8, 4) is 0 Å². The standard InChI is InChI=1S/C13H15ClN2O3/c1-13(18-6-7-19-13)8-12(17)16-15-9-10-4-2-3-5-11(10)14/h2-5,9H,6-8H2,1H3,(H,16,17). The van der Waals surface area contributed by atoms with E-state index in [1.54, 1.807) is 13.0 Å². The van der Waals surface area contributed by atoms with Crippen LogP contribution in [0.1, 0.15) is 18.9 Å². The van der Waals surface area contributed by atoms with Gasteiger partial charge in [-0.2, -0.15) is 5.10 Å². The van der Waals surface area contributed by atoms with Crippen LogP contribution >= 0.6 is 11.6 Å². The maximum Gasteiger partial charge on any atom is 0.245 e. The van der Waals surface area contributed by atoms with Gasteiger partial charge >= 0.3 is 0 Å².